The highest BCUT2D eigenvalue weighted by Gasteiger charge is 2.17. The van der Waals surface area contributed by atoms with Crippen LogP contribution in [-0.2, 0) is 13.5 Å². The van der Waals surface area contributed by atoms with Gasteiger partial charge in [-0.2, -0.15) is 19.0 Å². The highest BCUT2D eigenvalue weighted by molar-refractivity contribution is 5.86. The second kappa shape index (κ2) is 10.3. The fraction of sp³-hybridized carbons (Fsp3) is 0.222. The van der Waals surface area contributed by atoms with Gasteiger partial charge in [0.15, 0.2) is 5.65 Å². The van der Waals surface area contributed by atoms with Crippen LogP contribution < -0.4 is 15.0 Å². The summed E-state index contributed by atoms with van der Waals surface area (Å²) in [6.07, 6.45) is 2.44. The van der Waals surface area contributed by atoms with Crippen molar-refractivity contribution >= 4 is 22.1 Å². The van der Waals surface area contributed by atoms with Crippen molar-refractivity contribution in [3.63, 3.8) is 0 Å². The Bertz CT molecular complexity index is 1740. The van der Waals surface area contributed by atoms with Crippen molar-refractivity contribution in [3.8, 4) is 34.6 Å². The molecule has 11 heteroatoms. The number of ether oxygens (including phenoxy) is 2. The number of alkyl halides is 2. The van der Waals surface area contributed by atoms with E-state index in [2.05, 4.69) is 25.8 Å². The predicted octanol–water partition coefficient (Wildman–Crippen LogP) is 4.79. The van der Waals surface area contributed by atoms with Crippen molar-refractivity contribution in [3.05, 3.63) is 70.9 Å². The molecule has 0 radical (unpaired) electrons. The first-order valence-electron chi connectivity index (χ1n) is 11.8. The van der Waals surface area contributed by atoms with Crippen molar-refractivity contribution in [2.75, 3.05) is 6.61 Å². The van der Waals surface area contributed by atoms with E-state index in [9.17, 15) is 13.6 Å². The number of aromatic nitrogens is 5. The number of benzene rings is 2. The summed E-state index contributed by atoms with van der Waals surface area (Å²) in [6.45, 7) is -0.822. The average molecular weight is 517 g/mol. The van der Waals surface area contributed by atoms with Gasteiger partial charge in [0.2, 0.25) is 0 Å². The van der Waals surface area contributed by atoms with Crippen LogP contribution in [0.15, 0.2) is 59.5 Å². The molecule has 0 atom stereocenters. The Morgan fingerprint density at radius 3 is 2.61 bits per heavy atom. The fourth-order valence-electron chi connectivity index (χ4n) is 4.30. The van der Waals surface area contributed by atoms with Gasteiger partial charge in [0.25, 0.3) is 5.56 Å². The molecule has 0 aliphatic carbocycles. The molecule has 0 aliphatic rings. The van der Waals surface area contributed by atoms with E-state index in [0.29, 0.717) is 47.3 Å². The zero-order chi connectivity index (χ0) is 26.8. The maximum absolute atomic E-state index is 13.9. The van der Waals surface area contributed by atoms with Crippen LogP contribution in [0, 0.1) is 11.3 Å². The van der Waals surface area contributed by atoms with Crippen LogP contribution in [0.1, 0.15) is 19.2 Å². The van der Waals surface area contributed by atoms with E-state index < -0.39 is 6.61 Å². The zero-order valence-corrected chi connectivity index (χ0v) is 20.6. The summed E-state index contributed by atoms with van der Waals surface area (Å²) in [5.41, 5.74) is 2.96. The molecule has 3 aromatic heterocycles. The van der Waals surface area contributed by atoms with Crippen molar-refractivity contribution in [2.45, 2.75) is 26.4 Å². The number of nitriles is 1. The van der Waals surface area contributed by atoms with Gasteiger partial charge in [-0.25, -0.2) is 9.97 Å². The molecule has 9 nitrogen and oxygen atoms in total. The molecule has 0 aliphatic heterocycles. The molecule has 5 rings (SSSR count). The minimum absolute atomic E-state index is 0.0317. The van der Waals surface area contributed by atoms with E-state index in [-0.39, 0.29) is 17.3 Å². The molecule has 0 N–H and O–H groups in total. The van der Waals surface area contributed by atoms with Crippen LogP contribution in [-0.4, -0.2) is 37.3 Å². The Morgan fingerprint density at radius 1 is 1.11 bits per heavy atom. The van der Waals surface area contributed by atoms with Crippen LogP contribution >= 0.6 is 0 Å². The summed E-state index contributed by atoms with van der Waals surface area (Å²) in [5, 5.41) is 9.52. The fourth-order valence-corrected chi connectivity index (χ4v) is 4.30. The minimum atomic E-state index is -2.96. The smallest absolute Gasteiger partial charge is 0.387 e. The topological polar surface area (TPSA) is 108 Å². The van der Waals surface area contributed by atoms with E-state index in [1.54, 1.807) is 19.2 Å². The molecule has 0 saturated carbocycles. The number of rotatable bonds is 8. The van der Waals surface area contributed by atoms with Crippen molar-refractivity contribution in [1.29, 1.82) is 5.26 Å². The van der Waals surface area contributed by atoms with Gasteiger partial charge in [0.1, 0.15) is 11.6 Å². The molecule has 3 heterocycles. The third-order valence-electron chi connectivity index (χ3n) is 6.06. The van der Waals surface area contributed by atoms with E-state index in [0.717, 1.165) is 16.9 Å². The summed E-state index contributed by atoms with van der Waals surface area (Å²) in [5.74, 6) is 0.744. The number of hydrogen-bond acceptors (Lipinski definition) is 7. The lowest BCUT2D eigenvalue weighted by Gasteiger charge is -2.14. The summed E-state index contributed by atoms with van der Waals surface area (Å²) in [6, 6.07) is 15.2. The first-order chi connectivity index (χ1) is 18.4. The van der Waals surface area contributed by atoms with Crippen LogP contribution in [0.2, 0.25) is 0 Å². The molecule has 0 spiro atoms. The molecule has 0 unspecified atom stereocenters. The number of nitrogens with zero attached hydrogens (tertiary/aromatic N) is 6. The number of aryl methyl sites for hydroxylation is 2. The first-order valence-corrected chi connectivity index (χ1v) is 11.8. The Balaban J connectivity index is 1.70. The predicted molar refractivity (Wildman–Crippen MR) is 137 cm³/mol. The second-order valence-corrected chi connectivity index (χ2v) is 8.38. The quantitative estimate of drug-likeness (QED) is 0.292. The SMILES string of the molecule is CCOc1ncc2cc(-c3ccc4nc(CCC#N)n(C)c4c3)c(=O)n(-c3ccc(OC(F)F)cc3)c2n1. The molecule has 38 heavy (non-hydrogen) atoms. The van der Waals surface area contributed by atoms with E-state index in [1.165, 1.54) is 28.8 Å². The van der Waals surface area contributed by atoms with Crippen molar-refractivity contribution < 1.29 is 18.3 Å². The molecule has 0 amide bonds. The van der Waals surface area contributed by atoms with Gasteiger partial charge in [-0.3, -0.25) is 9.36 Å². The Morgan fingerprint density at radius 2 is 1.89 bits per heavy atom. The molecule has 2 aromatic carbocycles. The number of halogens is 2. The van der Waals surface area contributed by atoms with Gasteiger partial charge in [-0.15, -0.1) is 0 Å². The maximum Gasteiger partial charge on any atom is 0.387 e. The Hall–Kier alpha value is -4.85. The molecule has 0 bridgehead atoms. The standard InChI is InChI=1S/C27H22F2N6O3/c1-3-37-27-31-15-17-13-20(16-6-11-21-22(14-16)34(2)23(32-21)5-4-12-30)25(36)35(24(17)33-27)18-7-9-19(10-8-18)38-26(28)29/h6-11,13-15,26H,3-5H2,1-2H3. The van der Waals surface area contributed by atoms with Crippen molar-refractivity contribution in [2.24, 2.45) is 7.05 Å². The maximum atomic E-state index is 13.9. The number of hydrogen-bond donors (Lipinski definition) is 0. The monoisotopic (exact) mass is 516 g/mol. The third kappa shape index (κ3) is 4.64. The molecule has 0 saturated heterocycles. The molecular weight excluding hydrogens is 494 g/mol. The summed E-state index contributed by atoms with van der Waals surface area (Å²) >= 11 is 0. The minimum Gasteiger partial charge on any atom is -0.464 e. The molecular formula is C27H22F2N6O3. The number of pyridine rings is 1. The van der Waals surface area contributed by atoms with Crippen LogP contribution in [0.4, 0.5) is 8.78 Å². The summed E-state index contributed by atoms with van der Waals surface area (Å²) < 4.78 is 38.5. The zero-order valence-electron chi connectivity index (χ0n) is 20.6. The normalized spacial score (nSPS) is 11.3. The van der Waals surface area contributed by atoms with Gasteiger partial charge in [-0.1, -0.05) is 6.07 Å². The lowest BCUT2D eigenvalue weighted by Crippen LogP contribution is -2.21. The number of fused-ring (bicyclic) bond motifs is 2. The van der Waals surface area contributed by atoms with Gasteiger partial charge in [-0.05, 0) is 55.0 Å². The van der Waals surface area contributed by atoms with Crippen LogP contribution in [0.25, 0.3) is 38.9 Å². The van der Waals surface area contributed by atoms with Gasteiger partial charge in [0, 0.05) is 37.0 Å². The average Bonchev–Trinajstić information content (AvgIpc) is 3.22. The first kappa shape index (κ1) is 24.8. The summed E-state index contributed by atoms with van der Waals surface area (Å²) in [4.78, 5) is 27.2. The van der Waals surface area contributed by atoms with Gasteiger partial charge < -0.3 is 14.0 Å². The molecule has 5 aromatic rings. The molecule has 0 fully saturated rings. The summed E-state index contributed by atoms with van der Waals surface area (Å²) in [7, 11) is 1.87. The van der Waals surface area contributed by atoms with Crippen LogP contribution in [0.5, 0.6) is 11.8 Å². The number of imidazole rings is 1. The highest BCUT2D eigenvalue weighted by atomic mass is 19.3. The highest BCUT2D eigenvalue weighted by Crippen LogP contribution is 2.27. The van der Waals surface area contributed by atoms with Gasteiger partial charge >= 0.3 is 12.6 Å². The third-order valence-corrected chi connectivity index (χ3v) is 6.06. The van der Waals surface area contributed by atoms with E-state index in [4.69, 9.17) is 10.00 Å². The Kier molecular flexibility index (Phi) is 6.70. The molecule has 192 valence electrons. The Labute approximate surface area is 215 Å². The lowest BCUT2D eigenvalue weighted by molar-refractivity contribution is -0.0498. The second-order valence-electron chi connectivity index (χ2n) is 8.38. The largest absolute Gasteiger partial charge is 0.464 e. The van der Waals surface area contributed by atoms with E-state index in [1.807, 2.05) is 29.8 Å². The van der Waals surface area contributed by atoms with Gasteiger partial charge in [0.05, 0.1) is 29.4 Å². The van der Waals surface area contributed by atoms with E-state index >= 15 is 0 Å². The lowest BCUT2D eigenvalue weighted by atomic mass is 10.0. The van der Waals surface area contributed by atoms with Crippen molar-refractivity contribution in [1.82, 2.24) is 24.1 Å². The van der Waals surface area contributed by atoms with Crippen LogP contribution in [0.3, 0.4) is 0 Å².